The van der Waals surface area contributed by atoms with E-state index in [-0.39, 0.29) is 34.4 Å². The third-order valence-electron chi connectivity index (χ3n) is 3.80. The first kappa shape index (κ1) is 20.9. The molecule has 0 aliphatic carbocycles. The van der Waals surface area contributed by atoms with Crippen LogP contribution in [-0.4, -0.2) is 38.1 Å². The van der Waals surface area contributed by atoms with Crippen LogP contribution in [0.5, 0.6) is 0 Å². The number of rotatable bonds is 6. The number of amides is 2. The van der Waals surface area contributed by atoms with Crippen LogP contribution in [0.1, 0.15) is 43.0 Å². The SMILES string of the molecule is Cc1nc(C(=O)O)oc1CNC(=O)c1cc(NC(=O)c2cc(F)c(F)cc2Cl)[nH]n1. The summed E-state index contributed by atoms with van der Waals surface area (Å²) in [5.74, 6) is -5.66. The molecule has 156 valence electrons. The normalized spacial score (nSPS) is 10.7. The third kappa shape index (κ3) is 4.43. The molecule has 0 saturated carbocycles. The van der Waals surface area contributed by atoms with Crippen molar-refractivity contribution in [1.82, 2.24) is 20.5 Å². The number of oxazole rings is 1. The number of nitrogens with zero attached hydrogens (tertiary/aromatic N) is 2. The van der Waals surface area contributed by atoms with Crippen LogP contribution in [0.2, 0.25) is 5.02 Å². The van der Waals surface area contributed by atoms with Gasteiger partial charge in [-0.05, 0) is 19.1 Å². The average molecular weight is 440 g/mol. The third-order valence-corrected chi connectivity index (χ3v) is 4.11. The average Bonchev–Trinajstić information content (AvgIpc) is 3.29. The van der Waals surface area contributed by atoms with E-state index in [0.717, 1.165) is 0 Å². The minimum atomic E-state index is -1.34. The Balaban J connectivity index is 1.64. The predicted molar refractivity (Wildman–Crippen MR) is 97.3 cm³/mol. The molecule has 0 aliphatic heterocycles. The predicted octanol–water partition coefficient (Wildman–Crippen LogP) is 2.52. The number of nitrogens with one attached hydrogen (secondary N) is 3. The van der Waals surface area contributed by atoms with Gasteiger partial charge in [-0.15, -0.1) is 0 Å². The first-order valence-corrected chi connectivity index (χ1v) is 8.52. The van der Waals surface area contributed by atoms with Crippen LogP contribution in [0.3, 0.4) is 0 Å². The lowest BCUT2D eigenvalue weighted by molar-refractivity contribution is 0.0651. The Morgan fingerprint density at radius 2 is 1.90 bits per heavy atom. The number of H-pyrrole nitrogens is 1. The molecule has 2 heterocycles. The zero-order chi connectivity index (χ0) is 22.0. The number of hydrogen-bond acceptors (Lipinski definition) is 6. The van der Waals surface area contributed by atoms with Gasteiger partial charge in [0.15, 0.2) is 17.3 Å². The van der Waals surface area contributed by atoms with E-state index < -0.39 is 35.3 Å². The number of carboxylic acid groups (broad SMARTS) is 1. The van der Waals surface area contributed by atoms with Crippen LogP contribution >= 0.6 is 11.6 Å². The molecular weight excluding hydrogens is 428 g/mol. The van der Waals surface area contributed by atoms with Crippen LogP contribution in [0.25, 0.3) is 0 Å². The van der Waals surface area contributed by atoms with Gasteiger partial charge in [0, 0.05) is 6.07 Å². The molecule has 30 heavy (non-hydrogen) atoms. The summed E-state index contributed by atoms with van der Waals surface area (Å²) in [5, 5.41) is 19.4. The number of carboxylic acids is 1. The van der Waals surface area contributed by atoms with Crippen molar-refractivity contribution in [3.63, 3.8) is 0 Å². The van der Waals surface area contributed by atoms with Crippen LogP contribution in [0, 0.1) is 18.6 Å². The van der Waals surface area contributed by atoms with Gasteiger partial charge in [0.05, 0.1) is 22.8 Å². The van der Waals surface area contributed by atoms with Gasteiger partial charge in [-0.25, -0.2) is 18.6 Å². The van der Waals surface area contributed by atoms with Gasteiger partial charge < -0.3 is 20.2 Å². The molecule has 13 heteroatoms. The van der Waals surface area contributed by atoms with Crippen LogP contribution in [0.15, 0.2) is 22.6 Å². The van der Waals surface area contributed by atoms with E-state index in [1.54, 1.807) is 0 Å². The highest BCUT2D eigenvalue weighted by molar-refractivity contribution is 6.34. The first-order valence-electron chi connectivity index (χ1n) is 8.14. The number of aromatic amines is 1. The molecule has 0 spiro atoms. The molecule has 0 unspecified atom stereocenters. The molecule has 0 saturated heterocycles. The van der Waals surface area contributed by atoms with E-state index in [9.17, 15) is 23.2 Å². The molecule has 0 atom stereocenters. The molecule has 3 aromatic rings. The van der Waals surface area contributed by atoms with E-state index in [2.05, 4.69) is 25.8 Å². The fourth-order valence-corrected chi connectivity index (χ4v) is 2.56. The standard InChI is InChI=1S/C17H12ClF2N5O5/c1-6-12(30-16(22-6)17(28)29)5-21-15(27)11-4-13(25-24-11)23-14(26)7-2-9(19)10(20)3-8(7)18/h2-4H,5H2,1H3,(H,21,27)(H,28,29)(H2,23,24,25,26). The first-order chi connectivity index (χ1) is 14.2. The van der Waals surface area contributed by atoms with Crippen molar-refractivity contribution in [2.45, 2.75) is 13.5 Å². The number of aryl methyl sites for hydroxylation is 1. The summed E-state index contributed by atoms with van der Waals surface area (Å²) in [7, 11) is 0. The highest BCUT2D eigenvalue weighted by Crippen LogP contribution is 2.21. The molecule has 2 amide bonds. The molecule has 10 nitrogen and oxygen atoms in total. The summed E-state index contributed by atoms with van der Waals surface area (Å²) in [6, 6.07) is 2.50. The van der Waals surface area contributed by atoms with E-state index in [0.29, 0.717) is 17.8 Å². The fraction of sp³-hybridized carbons (Fsp3) is 0.118. The number of halogens is 3. The number of anilines is 1. The van der Waals surface area contributed by atoms with Crippen LogP contribution in [-0.2, 0) is 6.54 Å². The lowest BCUT2D eigenvalue weighted by atomic mass is 10.2. The lowest BCUT2D eigenvalue weighted by Gasteiger charge is -2.05. The second-order valence-corrected chi connectivity index (χ2v) is 6.29. The molecule has 3 rings (SSSR count). The topological polar surface area (TPSA) is 150 Å². The Hall–Kier alpha value is -3.80. The Labute approximate surface area is 171 Å². The minimum Gasteiger partial charge on any atom is -0.474 e. The summed E-state index contributed by atoms with van der Waals surface area (Å²) in [4.78, 5) is 38.9. The maximum atomic E-state index is 13.3. The number of aromatic nitrogens is 3. The number of carbonyl (C=O) groups excluding carboxylic acids is 2. The molecular formula is C17H12ClF2N5O5. The highest BCUT2D eigenvalue weighted by Gasteiger charge is 2.19. The minimum absolute atomic E-state index is 0.00467. The van der Waals surface area contributed by atoms with Crippen molar-refractivity contribution in [2.24, 2.45) is 0 Å². The molecule has 0 radical (unpaired) electrons. The Morgan fingerprint density at radius 1 is 1.20 bits per heavy atom. The number of benzene rings is 1. The second kappa shape index (κ2) is 8.29. The van der Waals surface area contributed by atoms with Gasteiger partial charge in [-0.3, -0.25) is 14.7 Å². The maximum Gasteiger partial charge on any atom is 0.392 e. The fourth-order valence-electron chi connectivity index (χ4n) is 2.32. The van der Waals surface area contributed by atoms with E-state index in [4.69, 9.17) is 21.1 Å². The van der Waals surface area contributed by atoms with Crippen LogP contribution in [0.4, 0.5) is 14.6 Å². The summed E-state index contributed by atoms with van der Waals surface area (Å²) < 4.78 is 31.5. The van der Waals surface area contributed by atoms with E-state index in [1.165, 1.54) is 13.0 Å². The Bertz CT molecular complexity index is 1160. The van der Waals surface area contributed by atoms with Gasteiger partial charge in [0.2, 0.25) is 0 Å². The second-order valence-electron chi connectivity index (χ2n) is 5.88. The van der Waals surface area contributed by atoms with Crippen molar-refractivity contribution in [3.05, 3.63) is 63.5 Å². The summed E-state index contributed by atoms with van der Waals surface area (Å²) in [6.07, 6.45) is 0. The summed E-state index contributed by atoms with van der Waals surface area (Å²) in [5.41, 5.74) is -0.130. The van der Waals surface area contributed by atoms with E-state index in [1.807, 2.05) is 0 Å². The molecule has 0 fully saturated rings. The Kier molecular flexibility index (Phi) is 5.78. The quantitative estimate of drug-likeness (QED) is 0.431. The van der Waals surface area contributed by atoms with Gasteiger partial charge >= 0.3 is 11.9 Å². The van der Waals surface area contributed by atoms with Crippen molar-refractivity contribution >= 4 is 35.2 Å². The molecule has 1 aromatic carbocycles. The largest absolute Gasteiger partial charge is 0.474 e. The Morgan fingerprint density at radius 3 is 2.57 bits per heavy atom. The van der Waals surface area contributed by atoms with Crippen molar-refractivity contribution < 1.29 is 32.7 Å². The van der Waals surface area contributed by atoms with Crippen molar-refractivity contribution in [1.29, 1.82) is 0 Å². The lowest BCUT2D eigenvalue weighted by Crippen LogP contribution is -2.23. The highest BCUT2D eigenvalue weighted by atomic mass is 35.5. The van der Waals surface area contributed by atoms with E-state index >= 15 is 0 Å². The molecule has 0 aliphatic rings. The monoisotopic (exact) mass is 439 g/mol. The zero-order valence-corrected chi connectivity index (χ0v) is 15.8. The number of carbonyl (C=O) groups is 3. The summed E-state index contributed by atoms with van der Waals surface area (Å²) in [6.45, 7) is 1.37. The number of hydrogen-bond donors (Lipinski definition) is 4. The molecule has 0 bridgehead atoms. The maximum absolute atomic E-state index is 13.3. The summed E-state index contributed by atoms with van der Waals surface area (Å²) >= 11 is 5.74. The van der Waals surface area contributed by atoms with Gasteiger partial charge in [0.1, 0.15) is 11.6 Å². The molecule has 2 aromatic heterocycles. The van der Waals surface area contributed by atoms with Gasteiger partial charge in [-0.2, -0.15) is 5.10 Å². The molecule has 4 N–H and O–H groups in total. The van der Waals surface area contributed by atoms with Crippen molar-refractivity contribution in [2.75, 3.05) is 5.32 Å². The van der Waals surface area contributed by atoms with Crippen LogP contribution < -0.4 is 10.6 Å². The number of aromatic carboxylic acids is 1. The van der Waals surface area contributed by atoms with Crippen molar-refractivity contribution in [3.8, 4) is 0 Å². The zero-order valence-electron chi connectivity index (χ0n) is 15.0. The van der Waals surface area contributed by atoms with Gasteiger partial charge in [0.25, 0.3) is 11.8 Å². The van der Waals surface area contributed by atoms with Gasteiger partial charge in [-0.1, -0.05) is 11.6 Å². The smallest absolute Gasteiger partial charge is 0.392 e.